The van der Waals surface area contributed by atoms with Crippen molar-refractivity contribution in [3.8, 4) is 11.5 Å². The summed E-state index contributed by atoms with van der Waals surface area (Å²) in [5.74, 6) is 3.36. The molecule has 1 aliphatic carbocycles. The van der Waals surface area contributed by atoms with Gasteiger partial charge in [0.2, 0.25) is 0 Å². The van der Waals surface area contributed by atoms with Crippen molar-refractivity contribution in [3.63, 3.8) is 0 Å². The maximum Gasteiger partial charge on any atom is 0.191 e. The van der Waals surface area contributed by atoms with E-state index in [1.807, 2.05) is 19.9 Å². The molecule has 1 fully saturated rings. The van der Waals surface area contributed by atoms with Gasteiger partial charge < -0.3 is 20.1 Å². The van der Waals surface area contributed by atoms with Crippen LogP contribution in [-0.4, -0.2) is 38.8 Å². The van der Waals surface area contributed by atoms with Gasteiger partial charge in [-0.1, -0.05) is 6.07 Å². The number of rotatable bonds is 10. The van der Waals surface area contributed by atoms with Crippen molar-refractivity contribution in [1.82, 2.24) is 10.6 Å². The Kier molecular flexibility index (Phi) is 7.72. The number of hydrogen-bond donors (Lipinski definition) is 2. The van der Waals surface area contributed by atoms with Crippen molar-refractivity contribution < 1.29 is 9.47 Å². The minimum absolute atomic E-state index is 0.639. The monoisotopic (exact) mass is 333 g/mol. The van der Waals surface area contributed by atoms with Crippen LogP contribution in [0.5, 0.6) is 11.5 Å². The van der Waals surface area contributed by atoms with Gasteiger partial charge in [-0.3, -0.25) is 4.99 Å². The Morgan fingerprint density at radius 1 is 1.08 bits per heavy atom. The van der Waals surface area contributed by atoms with Gasteiger partial charge in [0.05, 0.1) is 13.2 Å². The van der Waals surface area contributed by atoms with Gasteiger partial charge in [0, 0.05) is 19.6 Å². The predicted molar refractivity (Wildman–Crippen MR) is 99.2 cm³/mol. The SMILES string of the molecule is CCNC(=NCC1CC1)NCCc1ccc(OCC)c(OCC)c1. The first-order chi connectivity index (χ1) is 11.8. The van der Waals surface area contributed by atoms with Crippen LogP contribution in [0.25, 0.3) is 0 Å². The summed E-state index contributed by atoms with van der Waals surface area (Å²) in [4.78, 5) is 4.64. The fourth-order valence-corrected chi connectivity index (χ4v) is 2.44. The highest BCUT2D eigenvalue weighted by Crippen LogP contribution is 2.29. The maximum absolute atomic E-state index is 5.69. The van der Waals surface area contributed by atoms with Crippen molar-refractivity contribution >= 4 is 5.96 Å². The molecule has 0 bridgehead atoms. The van der Waals surface area contributed by atoms with Crippen LogP contribution in [0.2, 0.25) is 0 Å². The molecule has 0 saturated heterocycles. The second kappa shape index (κ2) is 10.1. The topological polar surface area (TPSA) is 54.9 Å². The molecule has 1 aromatic carbocycles. The van der Waals surface area contributed by atoms with E-state index < -0.39 is 0 Å². The summed E-state index contributed by atoms with van der Waals surface area (Å²) in [5.41, 5.74) is 1.23. The Morgan fingerprint density at radius 2 is 1.83 bits per heavy atom. The number of guanidine groups is 1. The summed E-state index contributed by atoms with van der Waals surface area (Å²) < 4.78 is 11.3. The average molecular weight is 333 g/mol. The third-order valence-electron chi connectivity index (χ3n) is 3.86. The zero-order valence-corrected chi connectivity index (χ0v) is 15.2. The van der Waals surface area contributed by atoms with Crippen molar-refractivity contribution in [2.75, 3.05) is 32.8 Å². The van der Waals surface area contributed by atoms with E-state index in [1.54, 1.807) is 0 Å². The number of ether oxygens (including phenoxy) is 2. The number of nitrogens with zero attached hydrogens (tertiary/aromatic N) is 1. The molecular weight excluding hydrogens is 302 g/mol. The molecule has 1 aromatic rings. The maximum atomic E-state index is 5.69. The van der Waals surface area contributed by atoms with E-state index in [-0.39, 0.29) is 0 Å². The first-order valence-electron chi connectivity index (χ1n) is 9.17. The molecule has 24 heavy (non-hydrogen) atoms. The van der Waals surface area contributed by atoms with Crippen LogP contribution in [-0.2, 0) is 6.42 Å². The molecular formula is C19H31N3O2. The number of hydrogen-bond acceptors (Lipinski definition) is 3. The van der Waals surface area contributed by atoms with Gasteiger partial charge in [-0.15, -0.1) is 0 Å². The fourth-order valence-electron chi connectivity index (χ4n) is 2.44. The van der Waals surface area contributed by atoms with Gasteiger partial charge in [0.25, 0.3) is 0 Å². The van der Waals surface area contributed by atoms with Crippen molar-refractivity contribution in [2.24, 2.45) is 10.9 Å². The van der Waals surface area contributed by atoms with Gasteiger partial charge >= 0.3 is 0 Å². The zero-order chi connectivity index (χ0) is 17.2. The van der Waals surface area contributed by atoms with E-state index in [0.717, 1.165) is 49.4 Å². The van der Waals surface area contributed by atoms with E-state index in [2.05, 4.69) is 34.7 Å². The predicted octanol–water partition coefficient (Wildman–Crippen LogP) is 2.99. The lowest BCUT2D eigenvalue weighted by molar-refractivity contribution is 0.287. The van der Waals surface area contributed by atoms with Crippen LogP contribution in [0, 0.1) is 5.92 Å². The van der Waals surface area contributed by atoms with Gasteiger partial charge in [-0.05, 0) is 63.6 Å². The van der Waals surface area contributed by atoms with E-state index in [9.17, 15) is 0 Å². The molecule has 1 aliphatic rings. The molecule has 0 unspecified atom stereocenters. The smallest absolute Gasteiger partial charge is 0.191 e. The molecule has 1 saturated carbocycles. The second-order valence-electron chi connectivity index (χ2n) is 5.99. The van der Waals surface area contributed by atoms with E-state index in [1.165, 1.54) is 18.4 Å². The summed E-state index contributed by atoms with van der Waals surface area (Å²) >= 11 is 0. The molecule has 5 heteroatoms. The highest BCUT2D eigenvalue weighted by molar-refractivity contribution is 5.79. The largest absolute Gasteiger partial charge is 0.490 e. The number of aliphatic imine (C=N–C) groups is 1. The third kappa shape index (κ3) is 6.30. The average Bonchev–Trinajstić information content (AvgIpc) is 3.40. The Morgan fingerprint density at radius 3 is 2.50 bits per heavy atom. The first-order valence-corrected chi connectivity index (χ1v) is 9.17. The minimum atomic E-state index is 0.639. The molecule has 2 rings (SSSR count). The molecule has 0 atom stereocenters. The molecule has 0 heterocycles. The lowest BCUT2D eigenvalue weighted by atomic mass is 10.1. The fraction of sp³-hybridized carbons (Fsp3) is 0.632. The van der Waals surface area contributed by atoms with Gasteiger partial charge in [-0.25, -0.2) is 0 Å². The van der Waals surface area contributed by atoms with Crippen molar-refractivity contribution in [3.05, 3.63) is 23.8 Å². The Balaban J connectivity index is 1.87. The van der Waals surface area contributed by atoms with Gasteiger partial charge in [-0.2, -0.15) is 0 Å². The summed E-state index contributed by atoms with van der Waals surface area (Å²) in [7, 11) is 0. The molecule has 0 radical (unpaired) electrons. The van der Waals surface area contributed by atoms with Crippen LogP contribution >= 0.6 is 0 Å². The first kappa shape index (κ1) is 18.4. The quantitative estimate of drug-likeness (QED) is 0.510. The number of nitrogens with one attached hydrogen (secondary N) is 2. The highest BCUT2D eigenvalue weighted by atomic mass is 16.5. The Hall–Kier alpha value is -1.91. The van der Waals surface area contributed by atoms with Crippen molar-refractivity contribution in [2.45, 2.75) is 40.0 Å². The van der Waals surface area contributed by atoms with Crippen LogP contribution in [0.15, 0.2) is 23.2 Å². The van der Waals surface area contributed by atoms with Gasteiger partial charge in [0.15, 0.2) is 17.5 Å². The van der Waals surface area contributed by atoms with Gasteiger partial charge in [0.1, 0.15) is 0 Å². The van der Waals surface area contributed by atoms with Crippen LogP contribution in [0.4, 0.5) is 0 Å². The van der Waals surface area contributed by atoms with Crippen LogP contribution in [0.1, 0.15) is 39.2 Å². The van der Waals surface area contributed by atoms with Crippen LogP contribution in [0.3, 0.4) is 0 Å². The van der Waals surface area contributed by atoms with E-state index in [0.29, 0.717) is 13.2 Å². The highest BCUT2D eigenvalue weighted by Gasteiger charge is 2.20. The Bertz CT molecular complexity index is 527. The van der Waals surface area contributed by atoms with Crippen LogP contribution < -0.4 is 20.1 Å². The molecule has 0 aromatic heterocycles. The number of benzene rings is 1. The summed E-state index contributed by atoms with van der Waals surface area (Å²) in [5, 5.41) is 6.71. The lowest BCUT2D eigenvalue weighted by Crippen LogP contribution is -2.38. The van der Waals surface area contributed by atoms with E-state index in [4.69, 9.17) is 9.47 Å². The third-order valence-corrected chi connectivity index (χ3v) is 3.86. The molecule has 0 amide bonds. The molecule has 0 spiro atoms. The molecule has 0 aliphatic heterocycles. The standard InChI is InChI=1S/C19H31N3O2/c1-4-20-19(22-14-16-7-8-16)21-12-11-15-9-10-17(23-5-2)18(13-15)24-6-3/h9-10,13,16H,4-8,11-12,14H2,1-3H3,(H2,20,21,22). The molecule has 134 valence electrons. The summed E-state index contributed by atoms with van der Waals surface area (Å²) in [6.07, 6.45) is 3.57. The Labute approximate surface area is 145 Å². The van der Waals surface area contributed by atoms with E-state index >= 15 is 0 Å². The minimum Gasteiger partial charge on any atom is -0.490 e. The lowest BCUT2D eigenvalue weighted by Gasteiger charge is -2.14. The summed E-state index contributed by atoms with van der Waals surface area (Å²) in [6.45, 7) is 10.0. The molecule has 2 N–H and O–H groups in total. The normalized spacial score (nSPS) is 14.4. The molecule has 5 nitrogen and oxygen atoms in total. The zero-order valence-electron chi connectivity index (χ0n) is 15.2. The summed E-state index contributed by atoms with van der Waals surface area (Å²) in [6, 6.07) is 6.17. The second-order valence-corrected chi connectivity index (χ2v) is 5.99. The van der Waals surface area contributed by atoms with Crippen molar-refractivity contribution in [1.29, 1.82) is 0 Å².